The molecule has 0 unspecified atom stereocenters. The Bertz CT molecular complexity index is 547. The van der Waals surface area contributed by atoms with E-state index in [0.29, 0.717) is 11.5 Å². The van der Waals surface area contributed by atoms with Crippen molar-refractivity contribution >= 4 is 23.5 Å². The van der Waals surface area contributed by atoms with Crippen LogP contribution >= 0.6 is 11.6 Å². The highest BCUT2D eigenvalue weighted by Crippen LogP contribution is 2.39. The number of carbonyl (C=O) groups excluding carboxylic acids is 1. The van der Waals surface area contributed by atoms with Gasteiger partial charge in [0.2, 0.25) is 6.79 Å². The van der Waals surface area contributed by atoms with Gasteiger partial charge in [-0.25, -0.2) is 4.79 Å². The summed E-state index contributed by atoms with van der Waals surface area (Å²) in [5.74, 6) is -1.16. The maximum absolute atomic E-state index is 12.0. The molecule has 0 radical (unpaired) electrons. The van der Waals surface area contributed by atoms with Crippen LogP contribution in [0.2, 0.25) is 5.02 Å². The normalized spacial score (nSPS) is 13.9. The van der Waals surface area contributed by atoms with Crippen molar-refractivity contribution < 1.29 is 29.3 Å². The molecule has 0 spiro atoms. The second-order valence-electron chi connectivity index (χ2n) is 4.07. The standard InChI is InChI=1S/C12H12ClNO6/c13-7-3-6(4-9-10(7)20-5-19-9)11(16)14-8(1-2-15)12(17)18/h3-4,8,15H,1-2,5H2,(H,14,16)(H,17,18)/t8-/m1/s1. The van der Waals surface area contributed by atoms with Crippen LogP contribution in [0.1, 0.15) is 16.8 Å². The zero-order valence-corrected chi connectivity index (χ0v) is 11.0. The highest BCUT2D eigenvalue weighted by atomic mass is 35.5. The van der Waals surface area contributed by atoms with Crippen LogP contribution in [0.3, 0.4) is 0 Å². The molecule has 108 valence electrons. The summed E-state index contributed by atoms with van der Waals surface area (Å²) < 4.78 is 10.2. The van der Waals surface area contributed by atoms with Crippen LogP contribution in [0.4, 0.5) is 0 Å². The van der Waals surface area contributed by atoms with E-state index >= 15 is 0 Å². The number of aliphatic carboxylic acids is 1. The third-order valence-electron chi connectivity index (χ3n) is 2.71. The predicted octanol–water partition coefficient (Wildman–Crippen LogP) is 0.634. The lowest BCUT2D eigenvalue weighted by Crippen LogP contribution is -2.41. The Balaban J connectivity index is 2.17. The van der Waals surface area contributed by atoms with E-state index in [9.17, 15) is 9.59 Å². The molecular weight excluding hydrogens is 290 g/mol. The summed E-state index contributed by atoms with van der Waals surface area (Å²) in [6.45, 7) is -0.332. The zero-order chi connectivity index (χ0) is 14.7. The van der Waals surface area contributed by atoms with Crippen molar-refractivity contribution in [1.82, 2.24) is 5.32 Å². The van der Waals surface area contributed by atoms with Crippen LogP contribution in [0.5, 0.6) is 11.5 Å². The van der Waals surface area contributed by atoms with Crippen molar-refractivity contribution in [2.24, 2.45) is 0 Å². The molecule has 2 rings (SSSR count). The van der Waals surface area contributed by atoms with Gasteiger partial charge in [-0.05, 0) is 12.1 Å². The van der Waals surface area contributed by atoms with Gasteiger partial charge in [0.25, 0.3) is 5.91 Å². The number of carboxylic acids is 1. The second-order valence-corrected chi connectivity index (χ2v) is 4.48. The van der Waals surface area contributed by atoms with Gasteiger partial charge in [0.1, 0.15) is 6.04 Å². The Morgan fingerprint density at radius 3 is 2.80 bits per heavy atom. The first-order valence-electron chi connectivity index (χ1n) is 5.76. The molecule has 1 heterocycles. The smallest absolute Gasteiger partial charge is 0.326 e. The Kier molecular flexibility index (Phi) is 4.31. The number of carboxylic acid groups (broad SMARTS) is 1. The quantitative estimate of drug-likeness (QED) is 0.737. The summed E-state index contributed by atoms with van der Waals surface area (Å²) >= 11 is 5.94. The molecule has 0 aromatic heterocycles. The molecule has 7 nitrogen and oxygen atoms in total. The first-order chi connectivity index (χ1) is 9.52. The van der Waals surface area contributed by atoms with Gasteiger partial charge in [-0.1, -0.05) is 11.6 Å². The SMILES string of the molecule is O=C(N[C@H](CCO)C(=O)O)c1cc(Cl)c2c(c1)OCO2. The fourth-order valence-corrected chi connectivity index (χ4v) is 1.99. The minimum Gasteiger partial charge on any atom is -0.480 e. The molecule has 0 aliphatic carbocycles. The summed E-state index contributed by atoms with van der Waals surface area (Å²) in [4.78, 5) is 22.9. The lowest BCUT2D eigenvalue weighted by molar-refractivity contribution is -0.139. The summed E-state index contributed by atoms with van der Waals surface area (Å²) in [5, 5.41) is 20.2. The number of hydrogen-bond donors (Lipinski definition) is 3. The van der Waals surface area contributed by atoms with Gasteiger partial charge in [0, 0.05) is 18.6 Å². The first-order valence-corrected chi connectivity index (χ1v) is 6.14. The maximum atomic E-state index is 12.0. The first kappa shape index (κ1) is 14.4. The van der Waals surface area contributed by atoms with Crippen LogP contribution in [-0.4, -0.2) is 41.5 Å². The van der Waals surface area contributed by atoms with Crippen LogP contribution in [0, 0.1) is 0 Å². The minimum absolute atomic E-state index is 0.0163. The average molecular weight is 302 g/mol. The second kappa shape index (κ2) is 5.98. The van der Waals surface area contributed by atoms with Crippen molar-refractivity contribution in [3.63, 3.8) is 0 Å². The monoisotopic (exact) mass is 301 g/mol. The number of fused-ring (bicyclic) bond motifs is 1. The Morgan fingerprint density at radius 2 is 2.15 bits per heavy atom. The molecule has 1 aromatic rings. The summed E-state index contributed by atoms with van der Waals surface area (Å²) in [5.41, 5.74) is 0.156. The number of carbonyl (C=O) groups is 2. The Morgan fingerprint density at radius 1 is 1.40 bits per heavy atom. The number of rotatable bonds is 5. The van der Waals surface area contributed by atoms with E-state index in [1.165, 1.54) is 12.1 Å². The van der Waals surface area contributed by atoms with E-state index in [2.05, 4.69) is 5.32 Å². The van der Waals surface area contributed by atoms with Gasteiger partial charge in [-0.2, -0.15) is 0 Å². The van der Waals surface area contributed by atoms with E-state index in [1.54, 1.807) is 0 Å². The summed E-state index contributed by atoms with van der Waals surface area (Å²) in [6, 6.07) is 1.61. The van der Waals surface area contributed by atoms with Gasteiger partial charge in [0.15, 0.2) is 11.5 Å². The molecule has 0 saturated heterocycles. The third-order valence-corrected chi connectivity index (χ3v) is 2.99. The van der Waals surface area contributed by atoms with E-state index < -0.39 is 17.9 Å². The number of halogens is 1. The van der Waals surface area contributed by atoms with E-state index in [0.717, 1.165) is 0 Å². The van der Waals surface area contributed by atoms with Gasteiger partial charge in [-0.15, -0.1) is 0 Å². The molecule has 0 saturated carbocycles. The molecular formula is C12H12ClNO6. The van der Waals surface area contributed by atoms with Crippen molar-refractivity contribution in [2.75, 3.05) is 13.4 Å². The van der Waals surface area contributed by atoms with Crippen molar-refractivity contribution in [1.29, 1.82) is 0 Å². The lowest BCUT2D eigenvalue weighted by Gasteiger charge is -2.13. The Hall–Kier alpha value is -1.99. The molecule has 20 heavy (non-hydrogen) atoms. The van der Waals surface area contributed by atoms with Crippen LogP contribution in [0.25, 0.3) is 0 Å². The van der Waals surface area contributed by atoms with E-state index in [4.69, 9.17) is 31.3 Å². The number of nitrogens with one attached hydrogen (secondary N) is 1. The number of hydrogen-bond acceptors (Lipinski definition) is 5. The van der Waals surface area contributed by atoms with Gasteiger partial charge >= 0.3 is 5.97 Å². The van der Waals surface area contributed by atoms with Gasteiger partial charge in [0.05, 0.1) is 5.02 Å². The predicted molar refractivity (Wildman–Crippen MR) is 68.2 cm³/mol. The topological polar surface area (TPSA) is 105 Å². The number of ether oxygens (including phenoxy) is 2. The van der Waals surface area contributed by atoms with Crippen LogP contribution in [0.15, 0.2) is 12.1 Å². The minimum atomic E-state index is -1.22. The fourth-order valence-electron chi connectivity index (χ4n) is 1.73. The molecule has 0 fully saturated rings. The number of benzene rings is 1. The fraction of sp³-hybridized carbons (Fsp3) is 0.333. The van der Waals surface area contributed by atoms with E-state index in [1.807, 2.05) is 0 Å². The molecule has 0 bridgehead atoms. The van der Waals surface area contributed by atoms with Crippen LogP contribution < -0.4 is 14.8 Å². The summed E-state index contributed by atoms with van der Waals surface area (Å²) in [6.07, 6.45) is -0.0840. The van der Waals surface area contributed by atoms with Gasteiger partial charge < -0.3 is 25.0 Å². The number of aliphatic hydroxyl groups is 1. The zero-order valence-electron chi connectivity index (χ0n) is 10.3. The largest absolute Gasteiger partial charge is 0.480 e. The molecule has 1 aliphatic rings. The van der Waals surface area contributed by atoms with Crippen LogP contribution in [-0.2, 0) is 4.79 Å². The van der Waals surface area contributed by atoms with E-state index in [-0.39, 0.29) is 30.4 Å². The number of aliphatic hydroxyl groups excluding tert-OH is 1. The third kappa shape index (κ3) is 2.94. The summed E-state index contributed by atoms with van der Waals surface area (Å²) in [7, 11) is 0. The molecule has 3 N–H and O–H groups in total. The molecule has 8 heteroatoms. The molecule has 1 amide bonds. The highest BCUT2D eigenvalue weighted by molar-refractivity contribution is 6.32. The maximum Gasteiger partial charge on any atom is 0.326 e. The highest BCUT2D eigenvalue weighted by Gasteiger charge is 2.24. The average Bonchev–Trinajstić information content (AvgIpc) is 2.86. The molecule has 1 atom stereocenters. The molecule has 1 aromatic carbocycles. The van der Waals surface area contributed by atoms with Crippen molar-refractivity contribution in [2.45, 2.75) is 12.5 Å². The Labute approximate surface area is 119 Å². The van der Waals surface area contributed by atoms with Crippen molar-refractivity contribution in [3.05, 3.63) is 22.7 Å². The van der Waals surface area contributed by atoms with Gasteiger partial charge in [-0.3, -0.25) is 4.79 Å². The lowest BCUT2D eigenvalue weighted by atomic mass is 10.1. The number of amides is 1. The van der Waals surface area contributed by atoms with Crippen molar-refractivity contribution in [3.8, 4) is 11.5 Å². The molecule has 1 aliphatic heterocycles.